The Balaban J connectivity index is 2.11. The fourth-order valence-corrected chi connectivity index (χ4v) is 3.50. The van der Waals surface area contributed by atoms with Crippen molar-refractivity contribution in [3.63, 3.8) is 0 Å². The van der Waals surface area contributed by atoms with Gasteiger partial charge in [0.1, 0.15) is 0 Å². The number of aryl methyl sites for hydroxylation is 2. The highest BCUT2D eigenvalue weighted by molar-refractivity contribution is 5.96. The van der Waals surface area contributed by atoms with E-state index in [0.29, 0.717) is 18.7 Å². The van der Waals surface area contributed by atoms with Crippen LogP contribution < -0.4 is 16.0 Å². The van der Waals surface area contributed by atoms with Gasteiger partial charge >= 0.3 is 5.97 Å². The molecule has 2 amide bonds. The highest BCUT2D eigenvalue weighted by Crippen LogP contribution is 2.27. The molecule has 7 heteroatoms. The zero-order chi connectivity index (χ0) is 25.3. The van der Waals surface area contributed by atoms with Crippen LogP contribution in [0.4, 0.5) is 11.4 Å². The fourth-order valence-electron chi connectivity index (χ4n) is 3.50. The molecule has 0 saturated carbocycles. The van der Waals surface area contributed by atoms with Crippen LogP contribution in [0.25, 0.3) is 0 Å². The summed E-state index contributed by atoms with van der Waals surface area (Å²) >= 11 is 0. The van der Waals surface area contributed by atoms with E-state index in [1.54, 1.807) is 36.1 Å². The molecule has 0 bridgehead atoms. The Labute approximate surface area is 201 Å². The van der Waals surface area contributed by atoms with E-state index in [1.807, 2.05) is 39.8 Å². The van der Waals surface area contributed by atoms with Gasteiger partial charge in [-0.3, -0.25) is 14.4 Å². The number of nitrogens with one attached hydrogen (secondary N) is 1. The number of ether oxygens (including phenoxy) is 1. The van der Waals surface area contributed by atoms with E-state index in [2.05, 4.69) is 17.2 Å². The number of carbonyl (C=O) groups is 3. The molecule has 0 spiro atoms. The molecule has 0 aromatic heterocycles. The summed E-state index contributed by atoms with van der Waals surface area (Å²) in [6, 6.07) is 10.8. The van der Waals surface area contributed by atoms with E-state index in [4.69, 9.17) is 10.5 Å². The van der Waals surface area contributed by atoms with Gasteiger partial charge in [0.25, 0.3) is 0 Å². The normalized spacial score (nSPS) is 10.3. The molecule has 7 nitrogen and oxygen atoms in total. The molecule has 180 valence electrons. The lowest BCUT2D eigenvalue weighted by atomic mass is 10.0. The Bertz CT molecular complexity index is 1100. The van der Waals surface area contributed by atoms with Gasteiger partial charge in [-0.05, 0) is 82.1 Å². The fraction of sp³-hybridized carbons (Fsp3) is 0.370. The molecular weight excluding hydrogens is 430 g/mol. The lowest BCUT2D eigenvalue weighted by Gasteiger charge is -2.29. The van der Waals surface area contributed by atoms with E-state index in [0.717, 1.165) is 28.1 Å². The summed E-state index contributed by atoms with van der Waals surface area (Å²) < 4.78 is 4.94. The predicted octanol–water partition coefficient (Wildman–Crippen LogP) is 3.95. The average molecular weight is 464 g/mol. The quantitative estimate of drug-likeness (QED) is 0.433. The number of benzene rings is 2. The van der Waals surface area contributed by atoms with Gasteiger partial charge in [0.15, 0.2) is 0 Å². The molecule has 0 heterocycles. The van der Waals surface area contributed by atoms with Crippen LogP contribution >= 0.6 is 0 Å². The van der Waals surface area contributed by atoms with Crippen LogP contribution in [0.15, 0.2) is 36.4 Å². The molecular formula is C27H33N3O4. The van der Waals surface area contributed by atoms with Crippen molar-refractivity contribution in [1.82, 2.24) is 0 Å². The van der Waals surface area contributed by atoms with Crippen molar-refractivity contribution in [2.45, 2.75) is 53.5 Å². The van der Waals surface area contributed by atoms with Gasteiger partial charge in [0, 0.05) is 35.0 Å². The van der Waals surface area contributed by atoms with E-state index < -0.39 is 5.91 Å². The zero-order valence-corrected chi connectivity index (χ0v) is 20.5. The maximum atomic E-state index is 12.9. The van der Waals surface area contributed by atoms with Crippen LogP contribution in [-0.4, -0.2) is 37.0 Å². The first-order valence-corrected chi connectivity index (χ1v) is 11.4. The van der Waals surface area contributed by atoms with Crippen molar-refractivity contribution in [2.75, 3.05) is 23.4 Å². The van der Waals surface area contributed by atoms with Gasteiger partial charge in [0.05, 0.1) is 19.6 Å². The van der Waals surface area contributed by atoms with Crippen molar-refractivity contribution < 1.29 is 19.1 Å². The maximum absolute atomic E-state index is 12.9. The molecule has 0 aliphatic carbocycles. The second-order valence-electron chi connectivity index (χ2n) is 8.21. The number of nitrogens with zero attached hydrogens (tertiary/aromatic N) is 1. The minimum Gasteiger partial charge on any atom is -0.466 e. The van der Waals surface area contributed by atoms with Gasteiger partial charge in [-0.2, -0.15) is 0 Å². The third-order valence-corrected chi connectivity index (χ3v) is 5.21. The molecule has 2 aromatic carbocycles. The van der Waals surface area contributed by atoms with Crippen molar-refractivity contribution in [3.8, 4) is 11.8 Å². The maximum Gasteiger partial charge on any atom is 0.306 e. The number of nitrogens with two attached hydrogens (primary N) is 1. The van der Waals surface area contributed by atoms with Crippen LogP contribution in [-0.2, 0) is 14.3 Å². The molecule has 0 aliphatic heterocycles. The summed E-state index contributed by atoms with van der Waals surface area (Å²) in [4.78, 5) is 37.5. The number of rotatable bonds is 9. The predicted molar refractivity (Wildman–Crippen MR) is 135 cm³/mol. The molecule has 34 heavy (non-hydrogen) atoms. The standard InChI is InChI=1S/C27H33N3O4/c1-6-34-26(32)14-13-25(31)30(18(2)3)24-17-19(4)22(16-20(24)5)8-7-15-29-23-11-9-21(10-12-23)27(28)33/h9-12,16-18,29H,6,13-15H2,1-5H3,(H2,28,33). The van der Waals surface area contributed by atoms with Gasteiger partial charge in [0.2, 0.25) is 11.8 Å². The number of amides is 2. The van der Waals surface area contributed by atoms with Crippen molar-refractivity contribution in [2.24, 2.45) is 5.73 Å². The first kappa shape index (κ1) is 26.5. The van der Waals surface area contributed by atoms with E-state index in [9.17, 15) is 14.4 Å². The minimum absolute atomic E-state index is 0.0603. The van der Waals surface area contributed by atoms with Crippen molar-refractivity contribution >= 4 is 29.2 Å². The number of hydrogen-bond donors (Lipinski definition) is 2. The topological polar surface area (TPSA) is 102 Å². The SMILES string of the molecule is CCOC(=O)CCC(=O)N(c1cc(C)c(C#CCNc2ccc(C(N)=O)cc2)cc1C)C(C)C. The smallest absolute Gasteiger partial charge is 0.306 e. The van der Waals surface area contributed by atoms with Crippen molar-refractivity contribution in [3.05, 3.63) is 58.7 Å². The summed E-state index contributed by atoms with van der Waals surface area (Å²) in [5.41, 5.74) is 10.2. The second-order valence-corrected chi connectivity index (χ2v) is 8.21. The van der Waals surface area contributed by atoms with Crippen molar-refractivity contribution in [1.29, 1.82) is 0 Å². The lowest BCUT2D eigenvalue weighted by Crippen LogP contribution is -2.37. The average Bonchev–Trinajstić information content (AvgIpc) is 2.78. The largest absolute Gasteiger partial charge is 0.466 e. The highest BCUT2D eigenvalue weighted by atomic mass is 16.5. The molecule has 0 aliphatic rings. The Hall–Kier alpha value is -3.79. The van der Waals surface area contributed by atoms with Gasteiger partial charge < -0.3 is 20.7 Å². The zero-order valence-electron chi connectivity index (χ0n) is 20.5. The van der Waals surface area contributed by atoms with E-state index in [1.165, 1.54) is 0 Å². The molecule has 0 radical (unpaired) electrons. The van der Waals surface area contributed by atoms with Crippen LogP contribution in [0, 0.1) is 25.7 Å². The molecule has 2 aromatic rings. The molecule has 0 fully saturated rings. The lowest BCUT2D eigenvalue weighted by molar-refractivity contribution is -0.144. The number of hydrogen-bond acceptors (Lipinski definition) is 5. The monoisotopic (exact) mass is 463 g/mol. The van der Waals surface area contributed by atoms with Crippen LogP contribution in [0.3, 0.4) is 0 Å². The summed E-state index contributed by atoms with van der Waals surface area (Å²) in [5, 5.41) is 3.19. The minimum atomic E-state index is -0.461. The molecule has 3 N–H and O–H groups in total. The third kappa shape index (κ3) is 7.38. The second kappa shape index (κ2) is 12.4. The highest BCUT2D eigenvalue weighted by Gasteiger charge is 2.22. The van der Waals surface area contributed by atoms with E-state index in [-0.39, 0.29) is 30.8 Å². The van der Waals surface area contributed by atoms with E-state index >= 15 is 0 Å². The molecule has 0 saturated heterocycles. The molecule has 0 unspecified atom stereocenters. The van der Waals surface area contributed by atoms with Crippen LogP contribution in [0.1, 0.15) is 60.7 Å². The summed E-state index contributed by atoms with van der Waals surface area (Å²) in [5.74, 6) is 5.35. The Morgan fingerprint density at radius 2 is 1.74 bits per heavy atom. The van der Waals surface area contributed by atoms with Crippen LogP contribution in [0.5, 0.6) is 0 Å². The first-order chi connectivity index (χ1) is 16.1. The first-order valence-electron chi connectivity index (χ1n) is 11.4. The third-order valence-electron chi connectivity index (χ3n) is 5.21. The van der Waals surface area contributed by atoms with Gasteiger partial charge in [-0.25, -0.2) is 0 Å². The Kier molecular flexibility index (Phi) is 9.69. The van der Waals surface area contributed by atoms with Crippen LogP contribution in [0.2, 0.25) is 0 Å². The number of carbonyl (C=O) groups excluding carboxylic acids is 3. The Morgan fingerprint density at radius 1 is 1.06 bits per heavy atom. The summed E-state index contributed by atoms with van der Waals surface area (Å²) in [6.45, 7) is 10.3. The van der Waals surface area contributed by atoms with Gasteiger partial charge in [-0.15, -0.1) is 0 Å². The number of anilines is 2. The molecule has 0 atom stereocenters. The Morgan fingerprint density at radius 3 is 2.32 bits per heavy atom. The summed E-state index contributed by atoms with van der Waals surface area (Å²) in [6.07, 6.45) is 0.166. The number of primary amides is 1. The molecule has 2 rings (SSSR count). The number of esters is 1. The van der Waals surface area contributed by atoms with Gasteiger partial charge in [-0.1, -0.05) is 11.8 Å². The summed E-state index contributed by atoms with van der Waals surface area (Å²) in [7, 11) is 0.